The summed E-state index contributed by atoms with van der Waals surface area (Å²) in [5.74, 6) is 0.858. The van der Waals surface area contributed by atoms with Crippen molar-refractivity contribution in [1.82, 2.24) is 20.4 Å². The molecule has 136 valence electrons. The quantitative estimate of drug-likeness (QED) is 0.755. The van der Waals surface area contributed by atoms with Crippen LogP contribution in [0.1, 0.15) is 19.4 Å². The fraction of sp³-hybridized carbons (Fsp3) is 0.526. The molecule has 0 amide bonds. The average Bonchev–Trinajstić information content (AvgIpc) is 3.06. The third-order valence-corrected chi connectivity index (χ3v) is 4.51. The van der Waals surface area contributed by atoms with Crippen LogP contribution in [0.2, 0.25) is 0 Å². The number of methoxy groups -OCH3 is 1. The van der Waals surface area contributed by atoms with Crippen LogP contribution in [0.3, 0.4) is 0 Å². The Morgan fingerprint density at radius 1 is 1.24 bits per heavy atom. The van der Waals surface area contributed by atoms with Gasteiger partial charge in [0.1, 0.15) is 5.75 Å². The molecule has 1 fully saturated rings. The smallest absolute Gasteiger partial charge is 0.118 e. The zero-order chi connectivity index (χ0) is 17.6. The maximum Gasteiger partial charge on any atom is 0.118 e. The van der Waals surface area contributed by atoms with Crippen molar-refractivity contribution >= 4 is 0 Å². The van der Waals surface area contributed by atoms with Crippen molar-refractivity contribution in [3.05, 3.63) is 36.0 Å². The Balaban J connectivity index is 1.50. The predicted molar refractivity (Wildman–Crippen MR) is 98.7 cm³/mol. The number of hydrogen-bond donors (Lipinski definition) is 2. The fourth-order valence-electron chi connectivity index (χ4n) is 3.38. The molecule has 2 N–H and O–H groups in total. The SMILES string of the molecule is COc1ccc(-c2[nH]ncc2CNCCN2C[C@@H](C)O[C@H](C)C2)cc1. The molecular formula is C19H28N4O2. The van der Waals surface area contributed by atoms with E-state index in [0.29, 0.717) is 12.2 Å². The minimum atomic E-state index is 0.319. The zero-order valence-electron chi connectivity index (χ0n) is 15.3. The van der Waals surface area contributed by atoms with Crippen molar-refractivity contribution in [3.63, 3.8) is 0 Å². The lowest BCUT2D eigenvalue weighted by Gasteiger charge is -2.35. The topological polar surface area (TPSA) is 62.4 Å². The molecule has 3 rings (SSSR count). The standard InChI is InChI=1S/C19H28N4O2/c1-14-12-23(13-15(2)25-14)9-8-20-10-17-11-21-22-19(17)16-4-6-18(24-3)7-5-16/h4-7,11,14-15,20H,8-10,12-13H2,1-3H3,(H,21,22)/t14-,15-/m1/s1. The van der Waals surface area contributed by atoms with Gasteiger partial charge >= 0.3 is 0 Å². The van der Waals surface area contributed by atoms with Crippen molar-refractivity contribution in [2.45, 2.75) is 32.6 Å². The molecule has 0 unspecified atom stereocenters. The molecule has 25 heavy (non-hydrogen) atoms. The maximum atomic E-state index is 5.78. The van der Waals surface area contributed by atoms with Crippen LogP contribution in [0.15, 0.2) is 30.5 Å². The summed E-state index contributed by atoms with van der Waals surface area (Å²) in [6, 6.07) is 8.03. The number of hydrogen-bond acceptors (Lipinski definition) is 5. The van der Waals surface area contributed by atoms with Crippen LogP contribution in [0.5, 0.6) is 5.75 Å². The molecule has 6 nitrogen and oxygen atoms in total. The highest BCUT2D eigenvalue weighted by molar-refractivity contribution is 5.63. The number of aromatic nitrogens is 2. The number of morpholine rings is 1. The molecule has 2 heterocycles. The summed E-state index contributed by atoms with van der Waals surface area (Å²) in [6.07, 6.45) is 2.53. The number of nitrogens with one attached hydrogen (secondary N) is 2. The summed E-state index contributed by atoms with van der Waals surface area (Å²) in [4.78, 5) is 2.46. The summed E-state index contributed by atoms with van der Waals surface area (Å²) in [5.41, 5.74) is 3.35. The van der Waals surface area contributed by atoms with Gasteiger partial charge in [-0.05, 0) is 38.1 Å². The van der Waals surface area contributed by atoms with Gasteiger partial charge in [-0.2, -0.15) is 5.10 Å². The van der Waals surface area contributed by atoms with E-state index < -0.39 is 0 Å². The van der Waals surface area contributed by atoms with Crippen molar-refractivity contribution in [1.29, 1.82) is 0 Å². The molecule has 0 aliphatic carbocycles. The minimum absolute atomic E-state index is 0.319. The van der Waals surface area contributed by atoms with E-state index in [-0.39, 0.29) is 0 Å². The molecule has 0 bridgehead atoms. The van der Waals surface area contributed by atoms with Gasteiger partial charge in [0.2, 0.25) is 0 Å². The first-order chi connectivity index (χ1) is 12.2. The van der Waals surface area contributed by atoms with Crippen molar-refractivity contribution in [3.8, 4) is 17.0 Å². The lowest BCUT2D eigenvalue weighted by molar-refractivity contribution is -0.0674. The van der Waals surface area contributed by atoms with Gasteiger partial charge in [0.15, 0.2) is 0 Å². The van der Waals surface area contributed by atoms with Gasteiger partial charge in [0.25, 0.3) is 0 Å². The highest BCUT2D eigenvalue weighted by Gasteiger charge is 2.21. The lowest BCUT2D eigenvalue weighted by atomic mass is 10.1. The first-order valence-corrected chi connectivity index (χ1v) is 8.91. The second-order valence-corrected chi connectivity index (χ2v) is 6.69. The second kappa shape index (κ2) is 8.47. The molecule has 1 aliphatic heterocycles. The molecule has 2 atom stereocenters. The molecule has 0 spiro atoms. The molecule has 0 radical (unpaired) electrons. The van der Waals surface area contributed by atoms with Crippen molar-refractivity contribution < 1.29 is 9.47 Å². The fourth-order valence-corrected chi connectivity index (χ4v) is 3.38. The highest BCUT2D eigenvalue weighted by atomic mass is 16.5. The van der Waals surface area contributed by atoms with Crippen LogP contribution in [0, 0.1) is 0 Å². The van der Waals surface area contributed by atoms with E-state index >= 15 is 0 Å². The monoisotopic (exact) mass is 344 g/mol. The third kappa shape index (κ3) is 4.81. The van der Waals surface area contributed by atoms with Crippen molar-refractivity contribution in [2.75, 3.05) is 33.3 Å². The third-order valence-electron chi connectivity index (χ3n) is 4.51. The molecule has 2 aromatic rings. The van der Waals surface area contributed by atoms with E-state index in [0.717, 1.165) is 49.7 Å². The van der Waals surface area contributed by atoms with E-state index in [4.69, 9.17) is 9.47 Å². The molecule has 0 saturated carbocycles. The van der Waals surface area contributed by atoms with Gasteiger partial charge in [-0.1, -0.05) is 0 Å². The van der Waals surface area contributed by atoms with Gasteiger partial charge in [-0.25, -0.2) is 0 Å². The molecule has 1 aromatic carbocycles. The Labute approximate surface area is 149 Å². The molecule has 6 heteroatoms. The molecule has 1 aromatic heterocycles. The number of ether oxygens (including phenoxy) is 2. The van der Waals surface area contributed by atoms with Crippen LogP contribution in [0.25, 0.3) is 11.3 Å². The summed E-state index contributed by atoms with van der Waals surface area (Å²) in [5, 5.41) is 10.8. The Bertz CT molecular complexity index is 646. The summed E-state index contributed by atoms with van der Waals surface area (Å²) in [6.45, 7) is 9.09. The summed E-state index contributed by atoms with van der Waals surface area (Å²) in [7, 11) is 1.68. The number of rotatable bonds is 7. The predicted octanol–water partition coefficient (Wildman–Crippen LogP) is 2.28. The Kier molecular flexibility index (Phi) is 6.07. The van der Waals surface area contributed by atoms with Crippen molar-refractivity contribution in [2.24, 2.45) is 0 Å². The number of aromatic amines is 1. The zero-order valence-corrected chi connectivity index (χ0v) is 15.3. The van der Waals surface area contributed by atoms with E-state index in [1.54, 1.807) is 7.11 Å². The summed E-state index contributed by atoms with van der Waals surface area (Å²) < 4.78 is 11.0. The van der Waals surface area contributed by atoms with E-state index in [1.807, 2.05) is 30.5 Å². The van der Waals surface area contributed by atoms with E-state index in [9.17, 15) is 0 Å². The maximum absolute atomic E-state index is 5.78. The lowest BCUT2D eigenvalue weighted by Crippen LogP contribution is -2.47. The van der Waals surface area contributed by atoms with Gasteiger partial charge < -0.3 is 14.8 Å². The van der Waals surface area contributed by atoms with E-state index in [2.05, 4.69) is 34.3 Å². The van der Waals surface area contributed by atoms with Crippen LogP contribution in [-0.2, 0) is 11.3 Å². The van der Waals surface area contributed by atoms with Gasteiger partial charge in [-0.3, -0.25) is 10.00 Å². The van der Waals surface area contributed by atoms with Crippen LogP contribution in [-0.4, -0.2) is 60.6 Å². The summed E-state index contributed by atoms with van der Waals surface area (Å²) >= 11 is 0. The first kappa shape index (κ1) is 17.9. The minimum Gasteiger partial charge on any atom is -0.497 e. The van der Waals surface area contributed by atoms with Crippen LogP contribution in [0.4, 0.5) is 0 Å². The van der Waals surface area contributed by atoms with E-state index in [1.165, 1.54) is 5.56 Å². The van der Waals surface area contributed by atoms with Gasteiger partial charge in [0, 0.05) is 43.9 Å². The molecule has 1 saturated heterocycles. The molecular weight excluding hydrogens is 316 g/mol. The number of benzene rings is 1. The van der Waals surface area contributed by atoms with Gasteiger partial charge in [0.05, 0.1) is 31.2 Å². The molecule has 1 aliphatic rings. The Morgan fingerprint density at radius 2 is 1.96 bits per heavy atom. The Hall–Kier alpha value is -1.89. The average molecular weight is 344 g/mol. The Morgan fingerprint density at radius 3 is 2.64 bits per heavy atom. The second-order valence-electron chi connectivity index (χ2n) is 6.69. The largest absolute Gasteiger partial charge is 0.497 e. The highest BCUT2D eigenvalue weighted by Crippen LogP contribution is 2.23. The van der Waals surface area contributed by atoms with Crippen LogP contribution < -0.4 is 10.1 Å². The number of nitrogens with zero attached hydrogens (tertiary/aromatic N) is 2. The number of H-pyrrole nitrogens is 1. The van der Waals surface area contributed by atoms with Gasteiger partial charge in [-0.15, -0.1) is 0 Å². The first-order valence-electron chi connectivity index (χ1n) is 8.91. The normalized spacial score (nSPS) is 21.4. The van der Waals surface area contributed by atoms with Crippen LogP contribution >= 0.6 is 0 Å².